The first-order valence-corrected chi connectivity index (χ1v) is 14.6. The van der Waals surface area contributed by atoms with Gasteiger partial charge in [0.1, 0.15) is 5.82 Å². The molecule has 0 heterocycles. The third kappa shape index (κ3) is 8.43. The molecule has 0 amide bonds. The fourth-order valence-corrected chi connectivity index (χ4v) is 5.45. The number of hydrogen-bond donors (Lipinski definition) is 2. The van der Waals surface area contributed by atoms with Gasteiger partial charge in [-0.05, 0) is 84.7 Å². The Morgan fingerprint density at radius 2 is 1.76 bits per heavy atom. The highest BCUT2D eigenvalue weighted by atomic mass is 19.1. The summed E-state index contributed by atoms with van der Waals surface area (Å²) in [6.45, 7) is 8.26. The third-order valence-electron chi connectivity index (χ3n) is 7.45. The highest BCUT2D eigenvalue weighted by molar-refractivity contribution is 5.73. The first-order chi connectivity index (χ1) is 20.4. The van der Waals surface area contributed by atoms with Crippen molar-refractivity contribution < 1.29 is 19.0 Å². The quantitative estimate of drug-likeness (QED) is 0.145. The van der Waals surface area contributed by atoms with Crippen molar-refractivity contribution in [3.63, 3.8) is 0 Å². The Bertz CT molecular complexity index is 1370. The normalized spacial score (nSPS) is 14.5. The Hall–Kier alpha value is -4.16. The van der Waals surface area contributed by atoms with E-state index < -0.39 is 6.23 Å². The Morgan fingerprint density at radius 1 is 1.10 bits per heavy atom. The number of rotatable bonds is 10. The van der Waals surface area contributed by atoms with Crippen molar-refractivity contribution >= 4 is 30.0 Å². The lowest BCUT2D eigenvalue weighted by molar-refractivity contribution is -0.126. The molecule has 0 aromatic heterocycles. The summed E-state index contributed by atoms with van der Waals surface area (Å²) in [5.41, 5.74) is 12.9. The summed E-state index contributed by atoms with van der Waals surface area (Å²) in [5, 5.41) is 11.9. The number of nitrogens with two attached hydrogens (primary N) is 1. The molecule has 1 fully saturated rings. The van der Waals surface area contributed by atoms with Gasteiger partial charge in [-0.2, -0.15) is 0 Å². The average Bonchev–Trinajstić information content (AvgIpc) is 3.01. The van der Waals surface area contributed by atoms with Crippen LogP contribution >= 0.6 is 0 Å². The molecule has 1 atom stereocenters. The number of nitrogen functional groups attached to an aromatic ring is 1. The fourth-order valence-electron chi connectivity index (χ4n) is 5.45. The summed E-state index contributed by atoms with van der Waals surface area (Å²) in [6, 6.07) is 18.8. The predicted octanol–water partition coefficient (Wildman–Crippen LogP) is 8.91. The monoisotopic (exact) mass is 570 g/mol. The molecule has 1 aliphatic rings. The minimum Gasteiger partial charge on any atom is -0.471 e. The second-order valence-electron chi connectivity index (χ2n) is 10.4. The molecule has 1 unspecified atom stereocenters. The smallest absolute Gasteiger partial charge is 0.292 e. The van der Waals surface area contributed by atoms with E-state index in [1.165, 1.54) is 38.5 Å². The number of halogens is 1. The lowest BCUT2D eigenvalue weighted by atomic mass is 9.85. The fraction of sp³-hybridized carbons (Fsp3) is 0.306. The van der Waals surface area contributed by atoms with Gasteiger partial charge < -0.3 is 20.5 Å². The molecule has 0 aliphatic heterocycles. The van der Waals surface area contributed by atoms with Crippen LogP contribution in [0.1, 0.15) is 75.3 Å². The van der Waals surface area contributed by atoms with Gasteiger partial charge in [0, 0.05) is 22.6 Å². The molecule has 4 rings (SSSR count). The van der Waals surface area contributed by atoms with Gasteiger partial charge in [-0.3, -0.25) is 4.79 Å². The van der Waals surface area contributed by atoms with Crippen molar-refractivity contribution in [2.24, 2.45) is 5.92 Å². The summed E-state index contributed by atoms with van der Waals surface area (Å²) >= 11 is 0. The maximum Gasteiger partial charge on any atom is 0.292 e. The molecule has 1 aliphatic carbocycles. The predicted molar refractivity (Wildman–Crippen MR) is 173 cm³/mol. The van der Waals surface area contributed by atoms with E-state index in [1.807, 2.05) is 72.5 Å². The molecule has 0 bridgehead atoms. The van der Waals surface area contributed by atoms with Gasteiger partial charge in [0.25, 0.3) is 6.47 Å². The SMILES string of the molecule is C=Cc1cc(-c2ccc(C(O)N(/C(=C\CC)C3CCCCC3)c3cc(F)cc(/C=C/C)c3)cc2)ccc1N.COC=O. The second-order valence-corrected chi connectivity index (χ2v) is 10.4. The van der Waals surface area contributed by atoms with E-state index in [0.717, 1.165) is 52.8 Å². The number of aliphatic hydroxyl groups is 1. The van der Waals surface area contributed by atoms with Crippen LogP contribution in [0.3, 0.4) is 0 Å². The lowest BCUT2D eigenvalue weighted by Crippen LogP contribution is -2.32. The number of aliphatic hydroxyl groups excluding tert-OH is 1. The molecule has 6 heteroatoms. The number of anilines is 2. The van der Waals surface area contributed by atoms with E-state index in [-0.39, 0.29) is 5.82 Å². The van der Waals surface area contributed by atoms with Gasteiger partial charge in [0.05, 0.1) is 7.11 Å². The Kier molecular flexibility index (Phi) is 12.6. The minimum atomic E-state index is -0.959. The summed E-state index contributed by atoms with van der Waals surface area (Å²) in [6.07, 6.45) is 13.4. The van der Waals surface area contributed by atoms with Crippen LogP contribution in [0.15, 0.2) is 85.1 Å². The van der Waals surface area contributed by atoms with Crippen LogP contribution in [0.4, 0.5) is 15.8 Å². The van der Waals surface area contributed by atoms with Gasteiger partial charge in [0.15, 0.2) is 6.23 Å². The number of carbonyl (C=O) groups excluding carboxylic acids is 1. The summed E-state index contributed by atoms with van der Waals surface area (Å²) in [7, 11) is 1.31. The van der Waals surface area contributed by atoms with Crippen molar-refractivity contribution in [1.29, 1.82) is 0 Å². The maximum atomic E-state index is 14.8. The van der Waals surface area contributed by atoms with Crippen LogP contribution in [-0.4, -0.2) is 18.7 Å². The molecule has 222 valence electrons. The number of benzene rings is 3. The van der Waals surface area contributed by atoms with Gasteiger partial charge in [-0.1, -0.05) is 87.4 Å². The van der Waals surface area contributed by atoms with Crippen LogP contribution < -0.4 is 10.6 Å². The molecule has 3 aromatic carbocycles. The van der Waals surface area contributed by atoms with Crippen LogP contribution in [-0.2, 0) is 9.53 Å². The summed E-state index contributed by atoms with van der Waals surface area (Å²) < 4.78 is 18.7. The molecule has 5 nitrogen and oxygen atoms in total. The van der Waals surface area contributed by atoms with E-state index in [1.54, 1.807) is 6.08 Å². The minimum absolute atomic E-state index is 0.316. The number of carbonyl (C=O) groups is 1. The second kappa shape index (κ2) is 16.3. The van der Waals surface area contributed by atoms with E-state index >= 15 is 0 Å². The standard InChI is InChI=1S/C34H39FN2O.C2H4O2/c1-4-10-24-20-30(35)23-31(21-24)37(33(11-5-2)27-12-8-7-9-13-27)34(38)28-16-14-26(15-17-28)29-18-19-32(36)25(6-3)22-29;1-4-2-3/h4,6,10-11,14-23,27,34,38H,3,5,7-9,12-13,36H2,1-2H3;2H,1H3/b10-4+,33-11-;. The molecule has 0 saturated heterocycles. The van der Waals surface area contributed by atoms with E-state index in [9.17, 15) is 9.50 Å². The van der Waals surface area contributed by atoms with Crippen molar-refractivity contribution in [2.75, 3.05) is 17.7 Å². The summed E-state index contributed by atoms with van der Waals surface area (Å²) in [4.78, 5) is 10.9. The van der Waals surface area contributed by atoms with Crippen molar-refractivity contribution in [3.8, 4) is 11.1 Å². The Morgan fingerprint density at radius 3 is 2.36 bits per heavy atom. The number of ether oxygens (including phenoxy) is 1. The average molecular weight is 571 g/mol. The topological polar surface area (TPSA) is 75.8 Å². The number of allylic oxidation sites excluding steroid dienone is 3. The van der Waals surface area contributed by atoms with Crippen LogP contribution in [0.25, 0.3) is 23.3 Å². The van der Waals surface area contributed by atoms with Crippen molar-refractivity contribution in [1.82, 2.24) is 0 Å². The van der Waals surface area contributed by atoms with Gasteiger partial charge in [-0.25, -0.2) is 4.39 Å². The molecule has 0 radical (unpaired) electrons. The molecule has 42 heavy (non-hydrogen) atoms. The van der Waals surface area contributed by atoms with Crippen molar-refractivity contribution in [2.45, 2.75) is 58.6 Å². The summed E-state index contributed by atoms with van der Waals surface area (Å²) in [5.74, 6) is 0.0159. The first-order valence-electron chi connectivity index (χ1n) is 14.6. The van der Waals surface area contributed by atoms with E-state index in [2.05, 4.69) is 24.3 Å². The zero-order chi connectivity index (χ0) is 30.5. The van der Waals surface area contributed by atoms with Gasteiger partial charge in [0.2, 0.25) is 0 Å². The zero-order valence-corrected chi connectivity index (χ0v) is 24.9. The number of methoxy groups -OCH3 is 1. The first kappa shape index (κ1) is 32.4. The third-order valence-corrected chi connectivity index (χ3v) is 7.45. The molecule has 3 N–H and O–H groups in total. The molecular formula is C36H43FN2O3. The van der Waals surface area contributed by atoms with Crippen LogP contribution in [0.2, 0.25) is 0 Å². The Labute approximate surface area is 249 Å². The highest BCUT2D eigenvalue weighted by Gasteiger charge is 2.29. The largest absolute Gasteiger partial charge is 0.471 e. The highest BCUT2D eigenvalue weighted by Crippen LogP contribution is 2.39. The van der Waals surface area contributed by atoms with E-state index in [4.69, 9.17) is 10.5 Å². The van der Waals surface area contributed by atoms with Crippen LogP contribution in [0.5, 0.6) is 0 Å². The molecule has 1 saturated carbocycles. The number of hydrogen-bond acceptors (Lipinski definition) is 5. The Balaban J connectivity index is 0.00000114. The maximum absolute atomic E-state index is 14.8. The van der Waals surface area contributed by atoms with Crippen molar-refractivity contribution in [3.05, 3.63) is 108 Å². The van der Waals surface area contributed by atoms with Gasteiger partial charge in [-0.15, -0.1) is 0 Å². The van der Waals surface area contributed by atoms with Crippen LogP contribution in [0, 0.1) is 11.7 Å². The molecule has 3 aromatic rings. The zero-order valence-electron chi connectivity index (χ0n) is 24.9. The number of nitrogens with zero attached hydrogens (tertiary/aromatic N) is 1. The van der Waals surface area contributed by atoms with E-state index in [0.29, 0.717) is 23.8 Å². The molecular weight excluding hydrogens is 527 g/mol. The van der Waals surface area contributed by atoms with Gasteiger partial charge >= 0.3 is 0 Å². The lowest BCUT2D eigenvalue weighted by Gasteiger charge is -2.38. The molecule has 0 spiro atoms.